The number of hydrogen-bond acceptors (Lipinski definition) is 7. The van der Waals surface area contributed by atoms with E-state index in [4.69, 9.17) is 0 Å². The summed E-state index contributed by atoms with van der Waals surface area (Å²) in [5.41, 5.74) is 4.49. The number of anilines is 1. The van der Waals surface area contributed by atoms with Gasteiger partial charge in [0.05, 0.1) is 12.6 Å². The number of carbonyl (C=O) groups excluding carboxylic acids is 2. The fourth-order valence-corrected chi connectivity index (χ4v) is 4.43. The molecule has 0 unspecified atom stereocenters. The van der Waals surface area contributed by atoms with Gasteiger partial charge in [0, 0.05) is 43.2 Å². The summed E-state index contributed by atoms with van der Waals surface area (Å²) in [5.74, 6) is -2.47. The molecule has 0 saturated heterocycles. The van der Waals surface area contributed by atoms with E-state index in [1.54, 1.807) is 46.5 Å². The Morgan fingerprint density at radius 2 is 1.80 bits per heavy atom. The first kappa shape index (κ1) is 33.0. The number of hydrazine groups is 1. The molecule has 0 aliphatic carbocycles. The van der Waals surface area contributed by atoms with E-state index in [1.807, 2.05) is 6.92 Å². The smallest absolute Gasteiger partial charge is 0.406 e. The number of carbonyl (C=O) groups is 2. The number of nitrogens with zero attached hydrogens (tertiary/aromatic N) is 4. The minimum Gasteiger partial charge on any atom is -0.406 e. The summed E-state index contributed by atoms with van der Waals surface area (Å²) < 4.78 is 71.1. The number of halogens is 5. The largest absolute Gasteiger partial charge is 0.573 e. The molecule has 15 heteroatoms. The summed E-state index contributed by atoms with van der Waals surface area (Å²) in [4.78, 5) is 25.2. The molecule has 2 amide bonds. The second kappa shape index (κ2) is 15.2. The van der Waals surface area contributed by atoms with Crippen molar-refractivity contribution < 1.29 is 36.3 Å². The number of nitrogens with one attached hydrogen (secondary N) is 3. The van der Waals surface area contributed by atoms with Crippen molar-refractivity contribution in [2.24, 2.45) is 0 Å². The van der Waals surface area contributed by atoms with Crippen molar-refractivity contribution in [2.75, 3.05) is 11.9 Å². The van der Waals surface area contributed by atoms with Crippen LogP contribution in [0.5, 0.6) is 5.75 Å². The predicted molar refractivity (Wildman–Crippen MR) is 154 cm³/mol. The summed E-state index contributed by atoms with van der Waals surface area (Å²) in [7, 11) is 0. The van der Waals surface area contributed by atoms with Gasteiger partial charge in [-0.25, -0.2) is 8.78 Å². The van der Waals surface area contributed by atoms with E-state index in [1.165, 1.54) is 6.07 Å². The molecule has 0 saturated carbocycles. The standard InChI is InChI=1S/C30H32F5N7O3/c1-2-20-7-9-25(31)22(14-20)16-28(43)38-27-19-42(40-39-27)13-4-3-12-41-18-21(6-5-11-37-41)29(44)36-17-23-15-24(8-10-26(23)32)45-30(33,34)35/h5,7-11,14-15,18-19,37H,2-4,6,12-13,16-17H2,1H3,(H,36,44)(H,38,43). The van der Waals surface area contributed by atoms with Gasteiger partial charge < -0.3 is 20.8 Å². The molecule has 0 atom stereocenters. The van der Waals surface area contributed by atoms with Crippen molar-refractivity contribution in [3.05, 3.63) is 95.0 Å². The van der Waals surface area contributed by atoms with E-state index in [2.05, 4.69) is 31.1 Å². The molecule has 0 spiro atoms. The Labute approximate surface area is 255 Å². The van der Waals surface area contributed by atoms with Crippen LogP contribution in [0.1, 0.15) is 42.9 Å². The highest BCUT2D eigenvalue weighted by atomic mass is 19.4. The highest BCUT2D eigenvalue weighted by molar-refractivity contribution is 5.93. The maximum Gasteiger partial charge on any atom is 0.573 e. The molecule has 1 aliphatic rings. The van der Waals surface area contributed by atoms with Gasteiger partial charge in [-0.3, -0.25) is 19.3 Å². The van der Waals surface area contributed by atoms with Gasteiger partial charge in [-0.15, -0.1) is 18.3 Å². The third-order valence-corrected chi connectivity index (χ3v) is 6.70. The van der Waals surface area contributed by atoms with Crippen molar-refractivity contribution in [1.29, 1.82) is 0 Å². The molecule has 0 bridgehead atoms. The van der Waals surface area contributed by atoms with Crippen molar-refractivity contribution in [3.63, 3.8) is 0 Å². The second-order valence-electron chi connectivity index (χ2n) is 10.1. The fraction of sp³-hybridized carbons (Fsp3) is 0.333. The van der Waals surface area contributed by atoms with E-state index in [-0.39, 0.29) is 30.8 Å². The SMILES string of the molecule is CCc1ccc(F)c(CC(=O)Nc2cn(CCCCN3C=C(C(=O)NCc4cc(OC(F)(F)F)ccc4F)CC=CN3)nn2)c1. The molecular formula is C30H32F5N7O3. The lowest BCUT2D eigenvalue weighted by Gasteiger charge is -2.20. The summed E-state index contributed by atoms with van der Waals surface area (Å²) in [5, 5.41) is 14.8. The van der Waals surface area contributed by atoms with E-state index in [0.29, 0.717) is 37.1 Å². The average Bonchev–Trinajstić information content (AvgIpc) is 3.29. The molecule has 2 heterocycles. The number of hydrogen-bond donors (Lipinski definition) is 3. The molecule has 240 valence electrons. The quantitative estimate of drug-likeness (QED) is 0.181. The van der Waals surface area contributed by atoms with Crippen LogP contribution >= 0.6 is 0 Å². The molecule has 4 rings (SSSR count). The first-order valence-corrected chi connectivity index (χ1v) is 14.2. The zero-order valence-corrected chi connectivity index (χ0v) is 24.3. The monoisotopic (exact) mass is 633 g/mol. The first-order chi connectivity index (χ1) is 21.5. The Hall–Kier alpha value is -4.95. The van der Waals surface area contributed by atoms with Gasteiger partial charge in [0.1, 0.15) is 17.4 Å². The lowest BCUT2D eigenvalue weighted by Crippen LogP contribution is -2.32. The molecule has 1 aromatic heterocycles. The molecule has 45 heavy (non-hydrogen) atoms. The van der Waals surface area contributed by atoms with Crippen LogP contribution in [-0.2, 0) is 35.5 Å². The van der Waals surface area contributed by atoms with Crippen molar-refractivity contribution in [2.45, 2.75) is 58.5 Å². The predicted octanol–water partition coefficient (Wildman–Crippen LogP) is 4.90. The zero-order valence-electron chi connectivity index (χ0n) is 24.3. The molecule has 0 fully saturated rings. The first-order valence-electron chi connectivity index (χ1n) is 14.2. The number of aryl methyl sites for hydroxylation is 2. The van der Waals surface area contributed by atoms with Gasteiger partial charge in [-0.2, -0.15) is 0 Å². The van der Waals surface area contributed by atoms with Crippen molar-refractivity contribution in [1.82, 2.24) is 30.7 Å². The van der Waals surface area contributed by atoms with Crippen LogP contribution in [0, 0.1) is 11.6 Å². The maximum atomic E-state index is 14.1. The van der Waals surface area contributed by atoms with Gasteiger partial charge in [-0.05, 0) is 61.1 Å². The van der Waals surface area contributed by atoms with E-state index in [9.17, 15) is 31.5 Å². The molecule has 3 aromatic rings. The molecule has 2 aromatic carbocycles. The molecular weight excluding hydrogens is 601 g/mol. The summed E-state index contributed by atoms with van der Waals surface area (Å²) in [6, 6.07) is 7.30. The number of allylic oxidation sites excluding steroid dienone is 1. The summed E-state index contributed by atoms with van der Waals surface area (Å²) in [6.45, 7) is 2.62. The molecule has 3 N–H and O–H groups in total. The normalized spacial score (nSPS) is 13.1. The van der Waals surface area contributed by atoms with Crippen LogP contribution in [0.25, 0.3) is 0 Å². The minimum atomic E-state index is -4.92. The van der Waals surface area contributed by atoms with Crippen LogP contribution in [0.3, 0.4) is 0 Å². The highest BCUT2D eigenvalue weighted by Gasteiger charge is 2.31. The minimum absolute atomic E-state index is 0.127. The lowest BCUT2D eigenvalue weighted by molar-refractivity contribution is -0.274. The Bertz CT molecular complexity index is 1550. The number of ether oxygens (including phenoxy) is 1. The Balaban J connectivity index is 1.22. The lowest BCUT2D eigenvalue weighted by atomic mass is 10.1. The fourth-order valence-electron chi connectivity index (χ4n) is 4.43. The number of amides is 2. The van der Waals surface area contributed by atoms with Gasteiger partial charge in [-0.1, -0.05) is 30.3 Å². The van der Waals surface area contributed by atoms with Gasteiger partial charge in [0.25, 0.3) is 0 Å². The molecule has 10 nitrogen and oxygen atoms in total. The zero-order chi connectivity index (χ0) is 32.4. The number of alkyl halides is 3. The second-order valence-corrected chi connectivity index (χ2v) is 10.1. The van der Waals surface area contributed by atoms with Crippen LogP contribution in [0.2, 0.25) is 0 Å². The van der Waals surface area contributed by atoms with Gasteiger partial charge in [0.2, 0.25) is 11.8 Å². The van der Waals surface area contributed by atoms with Crippen LogP contribution in [-0.4, -0.2) is 44.7 Å². The van der Waals surface area contributed by atoms with E-state index < -0.39 is 35.6 Å². The number of unbranched alkanes of at least 4 members (excludes halogenated alkanes) is 1. The Morgan fingerprint density at radius 1 is 1.04 bits per heavy atom. The van der Waals surface area contributed by atoms with E-state index >= 15 is 0 Å². The number of aromatic nitrogens is 3. The highest BCUT2D eigenvalue weighted by Crippen LogP contribution is 2.25. The van der Waals surface area contributed by atoms with Gasteiger partial charge >= 0.3 is 6.36 Å². The summed E-state index contributed by atoms with van der Waals surface area (Å²) >= 11 is 0. The molecule has 1 aliphatic heterocycles. The Morgan fingerprint density at radius 3 is 2.58 bits per heavy atom. The van der Waals surface area contributed by atoms with Crippen molar-refractivity contribution in [3.8, 4) is 5.75 Å². The average molecular weight is 634 g/mol. The van der Waals surface area contributed by atoms with Crippen LogP contribution < -0.4 is 20.8 Å². The topological polar surface area (TPSA) is 113 Å². The van der Waals surface area contributed by atoms with Crippen LogP contribution in [0.15, 0.2) is 66.6 Å². The number of rotatable bonds is 13. The third kappa shape index (κ3) is 10.3. The summed E-state index contributed by atoms with van der Waals surface area (Å²) in [6.07, 6.45) is 3.90. The van der Waals surface area contributed by atoms with E-state index in [0.717, 1.165) is 30.2 Å². The number of benzene rings is 2. The third-order valence-electron chi connectivity index (χ3n) is 6.70. The van der Waals surface area contributed by atoms with Gasteiger partial charge in [0.15, 0.2) is 5.82 Å². The molecule has 0 radical (unpaired) electrons. The Kier molecular flexibility index (Phi) is 11.1. The van der Waals surface area contributed by atoms with Crippen LogP contribution in [0.4, 0.5) is 27.8 Å². The van der Waals surface area contributed by atoms with Crippen molar-refractivity contribution >= 4 is 17.6 Å². The maximum absolute atomic E-state index is 14.1.